The zero-order valence-corrected chi connectivity index (χ0v) is 15.8. The number of nitrogens with one attached hydrogen (secondary N) is 2. The molecule has 26 heavy (non-hydrogen) atoms. The van der Waals surface area contributed by atoms with Crippen molar-refractivity contribution in [1.82, 2.24) is 5.32 Å². The highest BCUT2D eigenvalue weighted by Crippen LogP contribution is 2.30. The lowest BCUT2D eigenvalue weighted by atomic mass is 9.81. The Kier molecular flexibility index (Phi) is 6.30. The highest BCUT2D eigenvalue weighted by molar-refractivity contribution is 5.93. The summed E-state index contributed by atoms with van der Waals surface area (Å²) in [5, 5.41) is 6.08. The lowest BCUT2D eigenvalue weighted by Gasteiger charge is -2.27. The van der Waals surface area contributed by atoms with Crippen LogP contribution in [0, 0.1) is 25.7 Å². The summed E-state index contributed by atoms with van der Waals surface area (Å²) in [4.78, 5) is 24.9. The summed E-state index contributed by atoms with van der Waals surface area (Å²) in [7, 11) is 0. The molecule has 1 saturated carbocycles. The van der Waals surface area contributed by atoms with Gasteiger partial charge in [0, 0.05) is 30.7 Å². The molecule has 5 nitrogen and oxygen atoms in total. The molecule has 1 aromatic rings. The maximum absolute atomic E-state index is 12.6. The molecular weight excluding hydrogens is 328 g/mol. The maximum Gasteiger partial charge on any atom is 0.227 e. The zero-order chi connectivity index (χ0) is 18.5. The molecule has 1 aliphatic heterocycles. The van der Waals surface area contributed by atoms with E-state index in [2.05, 4.69) is 16.7 Å². The molecular formula is C21H30N2O3. The minimum atomic E-state index is -0.00193. The number of aryl methyl sites for hydroxylation is 2. The standard InChI is InChI=1S/C21H30N2O3/c1-14-5-10-19(15(2)12-14)23-21(25)17-8-6-16(7-9-17)20(24)22-13-18-4-3-11-26-18/h5,10,12,16-18H,3-4,6-9,11,13H2,1-2H3,(H,22,24)(H,23,25). The second kappa shape index (κ2) is 8.67. The first-order valence-corrected chi connectivity index (χ1v) is 9.80. The molecule has 1 aliphatic carbocycles. The molecule has 1 unspecified atom stereocenters. The molecule has 0 bridgehead atoms. The van der Waals surface area contributed by atoms with Crippen LogP contribution in [0.25, 0.3) is 0 Å². The van der Waals surface area contributed by atoms with Crippen molar-refractivity contribution in [2.75, 3.05) is 18.5 Å². The third-order valence-corrected chi connectivity index (χ3v) is 5.64. The third kappa shape index (κ3) is 4.85. The Morgan fingerprint density at radius 3 is 2.35 bits per heavy atom. The van der Waals surface area contributed by atoms with Crippen molar-refractivity contribution >= 4 is 17.5 Å². The first kappa shape index (κ1) is 18.9. The number of hydrogen-bond donors (Lipinski definition) is 2. The summed E-state index contributed by atoms with van der Waals surface area (Å²) >= 11 is 0. The number of rotatable bonds is 5. The largest absolute Gasteiger partial charge is 0.376 e. The average molecular weight is 358 g/mol. The van der Waals surface area contributed by atoms with Gasteiger partial charge >= 0.3 is 0 Å². The SMILES string of the molecule is Cc1ccc(NC(=O)C2CCC(C(=O)NCC3CCCO3)CC2)c(C)c1. The summed E-state index contributed by atoms with van der Waals surface area (Å²) in [5.74, 6) is 0.225. The number of benzene rings is 1. The van der Waals surface area contributed by atoms with Crippen molar-refractivity contribution in [3.05, 3.63) is 29.3 Å². The van der Waals surface area contributed by atoms with Gasteiger partial charge in [-0.3, -0.25) is 9.59 Å². The van der Waals surface area contributed by atoms with Crippen LogP contribution in [0.15, 0.2) is 18.2 Å². The van der Waals surface area contributed by atoms with E-state index in [-0.39, 0.29) is 29.8 Å². The first-order chi connectivity index (χ1) is 12.5. The monoisotopic (exact) mass is 358 g/mol. The Balaban J connectivity index is 1.43. The van der Waals surface area contributed by atoms with Gasteiger partial charge in [0.1, 0.15) is 0 Å². The van der Waals surface area contributed by atoms with Crippen LogP contribution in [-0.4, -0.2) is 31.1 Å². The van der Waals surface area contributed by atoms with Crippen molar-refractivity contribution in [3.8, 4) is 0 Å². The van der Waals surface area contributed by atoms with Gasteiger partial charge in [-0.2, -0.15) is 0 Å². The van der Waals surface area contributed by atoms with E-state index < -0.39 is 0 Å². The summed E-state index contributed by atoms with van der Waals surface area (Å²) in [6.07, 6.45) is 5.40. The lowest BCUT2D eigenvalue weighted by molar-refractivity contribution is -0.128. The van der Waals surface area contributed by atoms with Crippen LogP contribution in [0.1, 0.15) is 49.7 Å². The van der Waals surface area contributed by atoms with Gasteiger partial charge in [0.15, 0.2) is 0 Å². The molecule has 2 amide bonds. The van der Waals surface area contributed by atoms with Crippen LogP contribution in [0.2, 0.25) is 0 Å². The molecule has 1 atom stereocenters. The van der Waals surface area contributed by atoms with Crippen LogP contribution in [0.4, 0.5) is 5.69 Å². The van der Waals surface area contributed by atoms with Gasteiger partial charge < -0.3 is 15.4 Å². The van der Waals surface area contributed by atoms with Crippen LogP contribution in [0.5, 0.6) is 0 Å². The van der Waals surface area contributed by atoms with Crippen LogP contribution in [-0.2, 0) is 14.3 Å². The Hall–Kier alpha value is -1.88. The fraction of sp³-hybridized carbons (Fsp3) is 0.619. The topological polar surface area (TPSA) is 67.4 Å². The van der Waals surface area contributed by atoms with Crippen LogP contribution in [0.3, 0.4) is 0 Å². The van der Waals surface area contributed by atoms with Crippen molar-refractivity contribution in [2.45, 2.75) is 58.5 Å². The minimum absolute atomic E-state index is 0.00193. The van der Waals surface area contributed by atoms with Gasteiger partial charge in [0.2, 0.25) is 11.8 Å². The molecule has 142 valence electrons. The summed E-state index contributed by atoms with van der Waals surface area (Å²) in [6, 6.07) is 6.05. The zero-order valence-electron chi connectivity index (χ0n) is 15.8. The number of anilines is 1. The summed E-state index contributed by atoms with van der Waals surface area (Å²) in [6.45, 7) is 5.48. The second-order valence-corrected chi connectivity index (χ2v) is 7.74. The van der Waals surface area contributed by atoms with Gasteiger partial charge in [-0.1, -0.05) is 17.7 Å². The maximum atomic E-state index is 12.6. The quantitative estimate of drug-likeness (QED) is 0.848. The van der Waals surface area contributed by atoms with E-state index in [1.165, 1.54) is 5.56 Å². The Bertz CT molecular complexity index is 645. The summed E-state index contributed by atoms with van der Waals surface area (Å²) < 4.78 is 5.55. The molecule has 0 spiro atoms. The second-order valence-electron chi connectivity index (χ2n) is 7.74. The fourth-order valence-electron chi connectivity index (χ4n) is 3.97. The minimum Gasteiger partial charge on any atom is -0.376 e. The van der Waals surface area contributed by atoms with Gasteiger partial charge in [0.25, 0.3) is 0 Å². The van der Waals surface area contributed by atoms with E-state index in [1.807, 2.05) is 26.0 Å². The van der Waals surface area contributed by atoms with Gasteiger partial charge in [-0.05, 0) is 64.0 Å². The van der Waals surface area contributed by atoms with Crippen molar-refractivity contribution < 1.29 is 14.3 Å². The molecule has 3 rings (SSSR count). The van der Waals surface area contributed by atoms with E-state index >= 15 is 0 Å². The number of carbonyl (C=O) groups is 2. The molecule has 0 aromatic heterocycles. The Morgan fingerprint density at radius 2 is 1.73 bits per heavy atom. The van der Waals surface area contributed by atoms with Gasteiger partial charge in [0.05, 0.1) is 6.10 Å². The highest BCUT2D eigenvalue weighted by atomic mass is 16.5. The molecule has 1 saturated heterocycles. The number of hydrogen-bond acceptors (Lipinski definition) is 3. The molecule has 1 heterocycles. The van der Waals surface area contributed by atoms with E-state index in [0.717, 1.165) is 56.4 Å². The first-order valence-electron chi connectivity index (χ1n) is 9.80. The van der Waals surface area contributed by atoms with Crippen LogP contribution >= 0.6 is 0 Å². The van der Waals surface area contributed by atoms with E-state index in [4.69, 9.17) is 4.74 Å². The molecule has 2 fully saturated rings. The van der Waals surface area contributed by atoms with Crippen molar-refractivity contribution in [1.29, 1.82) is 0 Å². The van der Waals surface area contributed by atoms with Gasteiger partial charge in [-0.25, -0.2) is 0 Å². The number of ether oxygens (including phenoxy) is 1. The predicted molar refractivity (Wildman–Crippen MR) is 102 cm³/mol. The smallest absolute Gasteiger partial charge is 0.227 e. The number of amides is 2. The fourth-order valence-corrected chi connectivity index (χ4v) is 3.97. The Morgan fingerprint density at radius 1 is 1.04 bits per heavy atom. The molecule has 2 N–H and O–H groups in total. The molecule has 1 aromatic carbocycles. The summed E-state index contributed by atoms with van der Waals surface area (Å²) in [5.41, 5.74) is 3.16. The highest BCUT2D eigenvalue weighted by Gasteiger charge is 2.30. The average Bonchev–Trinajstić information content (AvgIpc) is 3.15. The number of carbonyl (C=O) groups excluding carboxylic acids is 2. The predicted octanol–water partition coefficient (Wildman–Crippen LogP) is 3.34. The van der Waals surface area contributed by atoms with Crippen LogP contribution < -0.4 is 10.6 Å². The molecule has 0 radical (unpaired) electrons. The van der Waals surface area contributed by atoms with Crippen molar-refractivity contribution in [3.63, 3.8) is 0 Å². The van der Waals surface area contributed by atoms with Gasteiger partial charge in [-0.15, -0.1) is 0 Å². The van der Waals surface area contributed by atoms with E-state index in [9.17, 15) is 9.59 Å². The molecule has 5 heteroatoms. The van der Waals surface area contributed by atoms with E-state index in [0.29, 0.717) is 6.54 Å². The lowest BCUT2D eigenvalue weighted by Crippen LogP contribution is -2.38. The van der Waals surface area contributed by atoms with E-state index in [1.54, 1.807) is 0 Å². The third-order valence-electron chi connectivity index (χ3n) is 5.64. The normalized spacial score (nSPS) is 25.7. The molecule has 2 aliphatic rings. The van der Waals surface area contributed by atoms with Crippen molar-refractivity contribution in [2.24, 2.45) is 11.8 Å². The Labute approximate surface area is 155 Å².